The lowest BCUT2D eigenvalue weighted by Crippen LogP contribution is -2.24. The standard InChI is InChI=1S/C8H17NO2S/c1-6-8(2-3-11-6)12-5-7(10)4-9/h6-8,10H,2-5,9H2,1H3. The van der Waals surface area contributed by atoms with Crippen molar-refractivity contribution >= 4 is 11.8 Å². The number of aliphatic hydroxyl groups excluding tert-OH is 1. The summed E-state index contributed by atoms with van der Waals surface area (Å²) >= 11 is 1.77. The third-order valence-electron chi connectivity index (χ3n) is 2.08. The van der Waals surface area contributed by atoms with Crippen LogP contribution in [0.5, 0.6) is 0 Å². The van der Waals surface area contributed by atoms with E-state index in [1.807, 2.05) is 0 Å². The van der Waals surface area contributed by atoms with Crippen LogP contribution in [0.25, 0.3) is 0 Å². The molecule has 0 aliphatic carbocycles. The van der Waals surface area contributed by atoms with Gasteiger partial charge in [0.15, 0.2) is 0 Å². The van der Waals surface area contributed by atoms with Crippen LogP contribution in [0.3, 0.4) is 0 Å². The van der Waals surface area contributed by atoms with Crippen molar-refractivity contribution in [1.82, 2.24) is 0 Å². The van der Waals surface area contributed by atoms with Gasteiger partial charge in [-0.2, -0.15) is 11.8 Å². The molecule has 1 aliphatic heterocycles. The van der Waals surface area contributed by atoms with Crippen molar-refractivity contribution in [2.24, 2.45) is 5.73 Å². The van der Waals surface area contributed by atoms with Crippen LogP contribution in [-0.4, -0.2) is 41.5 Å². The number of hydrogen-bond donors (Lipinski definition) is 2. The highest BCUT2D eigenvalue weighted by molar-refractivity contribution is 8.00. The van der Waals surface area contributed by atoms with E-state index in [0.717, 1.165) is 18.8 Å². The summed E-state index contributed by atoms with van der Waals surface area (Å²) in [6.45, 7) is 3.30. The molecule has 0 radical (unpaired) electrons. The largest absolute Gasteiger partial charge is 0.391 e. The van der Waals surface area contributed by atoms with Crippen LogP contribution in [-0.2, 0) is 4.74 Å². The fraction of sp³-hybridized carbons (Fsp3) is 1.00. The summed E-state index contributed by atoms with van der Waals surface area (Å²) in [4.78, 5) is 0. The number of thioether (sulfide) groups is 1. The van der Waals surface area contributed by atoms with E-state index >= 15 is 0 Å². The number of ether oxygens (including phenoxy) is 1. The molecule has 0 aromatic rings. The molecule has 3 N–H and O–H groups in total. The zero-order valence-electron chi connectivity index (χ0n) is 7.40. The lowest BCUT2D eigenvalue weighted by Gasteiger charge is -2.15. The molecule has 1 rings (SSSR count). The molecule has 1 saturated heterocycles. The van der Waals surface area contributed by atoms with Crippen LogP contribution in [0.2, 0.25) is 0 Å². The quantitative estimate of drug-likeness (QED) is 0.667. The third-order valence-corrected chi connectivity index (χ3v) is 3.71. The molecule has 72 valence electrons. The smallest absolute Gasteiger partial charge is 0.0752 e. The van der Waals surface area contributed by atoms with Gasteiger partial charge in [-0.3, -0.25) is 0 Å². The molecule has 3 atom stereocenters. The van der Waals surface area contributed by atoms with Crippen LogP contribution in [0, 0.1) is 0 Å². The van der Waals surface area contributed by atoms with E-state index in [1.165, 1.54) is 0 Å². The minimum Gasteiger partial charge on any atom is -0.391 e. The first-order valence-corrected chi connectivity index (χ1v) is 5.40. The Morgan fingerprint density at radius 3 is 3.00 bits per heavy atom. The summed E-state index contributed by atoms with van der Waals surface area (Å²) in [7, 11) is 0. The first kappa shape index (κ1) is 10.3. The molecule has 1 heterocycles. The predicted molar refractivity (Wildman–Crippen MR) is 51.3 cm³/mol. The second-order valence-electron chi connectivity index (χ2n) is 3.13. The number of nitrogens with two attached hydrogens (primary N) is 1. The molecule has 3 nitrogen and oxygen atoms in total. The van der Waals surface area contributed by atoms with Crippen LogP contribution < -0.4 is 5.73 Å². The van der Waals surface area contributed by atoms with Crippen molar-refractivity contribution < 1.29 is 9.84 Å². The zero-order chi connectivity index (χ0) is 8.97. The second-order valence-corrected chi connectivity index (χ2v) is 4.40. The Morgan fingerprint density at radius 1 is 1.75 bits per heavy atom. The Kier molecular flexibility index (Phi) is 4.35. The molecule has 0 amide bonds. The van der Waals surface area contributed by atoms with Gasteiger partial charge in [0, 0.05) is 24.2 Å². The monoisotopic (exact) mass is 191 g/mol. The van der Waals surface area contributed by atoms with Crippen LogP contribution in [0.4, 0.5) is 0 Å². The molecular formula is C8H17NO2S. The van der Waals surface area contributed by atoms with Crippen molar-refractivity contribution in [2.45, 2.75) is 30.8 Å². The van der Waals surface area contributed by atoms with Crippen molar-refractivity contribution in [1.29, 1.82) is 0 Å². The Labute approximate surface area is 77.7 Å². The highest BCUT2D eigenvalue weighted by Gasteiger charge is 2.24. The molecular weight excluding hydrogens is 174 g/mol. The Balaban J connectivity index is 2.13. The first-order valence-electron chi connectivity index (χ1n) is 4.35. The summed E-state index contributed by atoms with van der Waals surface area (Å²) in [6.07, 6.45) is 1.08. The predicted octanol–water partition coefficient (Wildman–Crippen LogP) is 0.217. The lowest BCUT2D eigenvalue weighted by atomic mass is 10.3. The summed E-state index contributed by atoms with van der Waals surface area (Å²) in [5.74, 6) is 0.731. The molecule has 12 heavy (non-hydrogen) atoms. The summed E-state index contributed by atoms with van der Waals surface area (Å²) in [5.41, 5.74) is 5.30. The Hall–Kier alpha value is 0.230. The van der Waals surface area contributed by atoms with Crippen LogP contribution in [0.15, 0.2) is 0 Å². The van der Waals surface area contributed by atoms with Crippen LogP contribution in [0.1, 0.15) is 13.3 Å². The highest BCUT2D eigenvalue weighted by Crippen LogP contribution is 2.26. The summed E-state index contributed by atoms with van der Waals surface area (Å²) < 4.78 is 5.40. The van der Waals surface area contributed by atoms with Gasteiger partial charge in [-0.05, 0) is 13.3 Å². The van der Waals surface area contributed by atoms with Gasteiger partial charge in [-0.1, -0.05) is 0 Å². The number of aliphatic hydroxyl groups is 1. The summed E-state index contributed by atoms with van der Waals surface area (Å²) in [5, 5.41) is 9.77. The minimum atomic E-state index is -0.359. The molecule has 0 bridgehead atoms. The maximum atomic E-state index is 9.22. The number of rotatable bonds is 4. The average molecular weight is 191 g/mol. The lowest BCUT2D eigenvalue weighted by molar-refractivity contribution is 0.127. The molecule has 3 unspecified atom stereocenters. The SMILES string of the molecule is CC1OCCC1SCC(O)CN. The molecule has 0 saturated carbocycles. The van der Waals surface area contributed by atoms with Gasteiger partial charge in [-0.25, -0.2) is 0 Å². The van der Waals surface area contributed by atoms with E-state index in [4.69, 9.17) is 10.5 Å². The first-order chi connectivity index (χ1) is 5.74. The topological polar surface area (TPSA) is 55.5 Å². The van der Waals surface area contributed by atoms with E-state index < -0.39 is 0 Å². The van der Waals surface area contributed by atoms with Crippen molar-refractivity contribution in [2.75, 3.05) is 18.9 Å². The third kappa shape index (κ3) is 2.94. The van der Waals surface area contributed by atoms with Gasteiger partial charge in [-0.15, -0.1) is 0 Å². The maximum Gasteiger partial charge on any atom is 0.0752 e. The Bertz CT molecular complexity index is 134. The average Bonchev–Trinajstić information content (AvgIpc) is 2.47. The molecule has 0 aromatic heterocycles. The van der Waals surface area contributed by atoms with Gasteiger partial charge in [0.1, 0.15) is 0 Å². The fourth-order valence-electron chi connectivity index (χ4n) is 1.23. The molecule has 1 aliphatic rings. The van der Waals surface area contributed by atoms with Gasteiger partial charge in [0.05, 0.1) is 12.2 Å². The molecule has 0 aromatic carbocycles. The van der Waals surface area contributed by atoms with Gasteiger partial charge in [0.25, 0.3) is 0 Å². The minimum absolute atomic E-state index is 0.333. The molecule has 1 fully saturated rings. The maximum absolute atomic E-state index is 9.22. The van der Waals surface area contributed by atoms with E-state index in [9.17, 15) is 5.11 Å². The molecule has 4 heteroatoms. The van der Waals surface area contributed by atoms with E-state index in [-0.39, 0.29) is 6.10 Å². The molecule has 0 spiro atoms. The van der Waals surface area contributed by atoms with Crippen molar-refractivity contribution in [3.63, 3.8) is 0 Å². The van der Waals surface area contributed by atoms with Gasteiger partial charge in [0.2, 0.25) is 0 Å². The zero-order valence-corrected chi connectivity index (χ0v) is 8.22. The Morgan fingerprint density at radius 2 is 2.50 bits per heavy atom. The number of hydrogen-bond acceptors (Lipinski definition) is 4. The van der Waals surface area contributed by atoms with Crippen molar-refractivity contribution in [3.05, 3.63) is 0 Å². The second kappa shape index (κ2) is 5.07. The van der Waals surface area contributed by atoms with Crippen LogP contribution >= 0.6 is 11.8 Å². The van der Waals surface area contributed by atoms with E-state index in [2.05, 4.69) is 6.92 Å². The van der Waals surface area contributed by atoms with E-state index in [0.29, 0.717) is 17.9 Å². The van der Waals surface area contributed by atoms with Crippen molar-refractivity contribution in [3.8, 4) is 0 Å². The van der Waals surface area contributed by atoms with Gasteiger partial charge >= 0.3 is 0 Å². The summed E-state index contributed by atoms with van der Waals surface area (Å²) in [6, 6.07) is 0. The fourth-order valence-corrected chi connectivity index (χ4v) is 2.45. The highest BCUT2D eigenvalue weighted by atomic mass is 32.2. The van der Waals surface area contributed by atoms with Gasteiger partial charge < -0.3 is 15.6 Å². The van der Waals surface area contributed by atoms with E-state index in [1.54, 1.807) is 11.8 Å². The normalized spacial score (nSPS) is 32.2.